The summed E-state index contributed by atoms with van der Waals surface area (Å²) < 4.78 is 13.8. The van der Waals surface area contributed by atoms with Crippen LogP contribution in [-0.2, 0) is 5.75 Å². The van der Waals surface area contributed by atoms with Crippen molar-refractivity contribution < 1.29 is 4.39 Å². The number of aromatic nitrogens is 2. The van der Waals surface area contributed by atoms with E-state index in [0.29, 0.717) is 5.75 Å². The highest BCUT2D eigenvalue weighted by molar-refractivity contribution is 14.1. The Kier molecular flexibility index (Phi) is 4.98. The molecule has 0 aliphatic heterocycles. The van der Waals surface area contributed by atoms with Crippen LogP contribution in [0.2, 0.25) is 0 Å². The first kappa shape index (κ1) is 14.5. The van der Waals surface area contributed by atoms with Gasteiger partial charge >= 0.3 is 0 Å². The summed E-state index contributed by atoms with van der Waals surface area (Å²) in [5, 5.41) is 3.06. The van der Waals surface area contributed by atoms with Gasteiger partial charge in [-0.05, 0) is 53.8 Å². The summed E-state index contributed by atoms with van der Waals surface area (Å²) in [6, 6.07) is 6.44. The zero-order valence-corrected chi connectivity index (χ0v) is 13.5. The summed E-state index contributed by atoms with van der Waals surface area (Å²) in [4.78, 5) is 9.93. The van der Waals surface area contributed by atoms with Crippen molar-refractivity contribution in [3.8, 4) is 0 Å². The lowest BCUT2D eigenvalue weighted by molar-refractivity contribution is 0.626. The summed E-state index contributed by atoms with van der Waals surface area (Å²) in [6.45, 7) is 1.97. The predicted molar refractivity (Wildman–Crippen MR) is 85.0 cm³/mol. The third-order valence-electron chi connectivity index (χ3n) is 2.48. The molecule has 0 unspecified atom stereocenters. The van der Waals surface area contributed by atoms with Gasteiger partial charge in [-0.3, -0.25) is 0 Å². The van der Waals surface area contributed by atoms with Gasteiger partial charge in [-0.15, -0.1) is 11.8 Å². The van der Waals surface area contributed by atoms with Crippen LogP contribution in [0.25, 0.3) is 0 Å². The largest absolute Gasteiger partial charge is 0.372 e. The van der Waals surface area contributed by atoms with E-state index >= 15 is 0 Å². The van der Waals surface area contributed by atoms with Gasteiger partial charge < -0.3 is 5.32 Å². The zero-order valence-electron chi connectivity index (χ0n) is 10.6. The molecule has 3 nitrogen and oxygen atoms in total. The van der Waals surface area contributed by atoms with Crippen LogP contribution in [0, 0.1) is 16.3 Å². The number of nitrogens with zero attached hydrogens (tertiary/aromatic N) is 2. The summed E-state index contributed by atoms with van der Waals surface area (Å²) >= 11 is 3.82. The highest BCUT2D eigenvalue weighted by Gasteiger charge is 2.08. The van der Waals surface area contributed by atoms with Crippen LogP contribution in [0.1, 0.15) is 11.5 Å². The van der Waals surface area contributed by atoms with Gasteiger partial charge in [0.15, 0.2) is 0 Å². The molecular weight excluding hydrogens is 376 g/mol. The molecule has 0 atom stereocenters. The van der Waals surface area contributed by atoms with E-state index < -0.39 is 0 Å². The maximum atomic E-state index is 12.8. The van der Waals surface area contributed by atoms with E-state index in [1.165, 1.54) is 12.1 Å². The molecule has 1 aromatic carbocycles. The first-order valence-electron chi connectivity index (χ1n) is 5.69. The maximum absolute atomic E-state index is 12.8. The Morgan fingerprint density at radius 3 is 2.58 bits per heavy atom. The van der Waals surface area contributed by atoms with E-state index in [9.17, 15) is 4.39 Å². The molecule has 0 spiro atoms. The van der Waals surface area contributed by atoms with Gasteiger partial charge in [0.2, 0.25) is 0 Å². The molecule has 2 aromatic rings. The molecule has 19 heavy (non-hydrogen) atoms. The standard InChI is InChI=1S/C13H13FIN3S/c1-8-12(15)13(16-2)18-11(17-8)7-19-10-5-3-9(14)4-6-10/h3-6H,7H2,1-2H3,(H,16,17,18). The topological polar surface area (TPSA) is 37.8 Å². The van der Waals surface area contributed by atoms with E-state index in [-0.39, 0.29) is 5.82 Å². The van der Waals surface area contributed by atoms with Gasteiger partial charge in [-0.2, -0.15) is 0 Å². The van der Waals surface area contributed by atoms with Crippen LogP contribution in [-0.4, -0.2) is 17.0 Å². The molecule has 0 bridgehead atoms. The lowest BCUT2D eigenvalue weighted by Crippen LogP contribution is -2.04. The number of anilines is 1. The second-order valence-electron chi connectivity index (χ2n) is 3.88. The fourth-order valence-electron chi connectivity index (χ4n) is 1.53. The Balaban J connectivity index is 2.11. The van der Waals surface area contributed by atoms with Crippen LogP contribution < -0.4 is 5.32 Å². The zero-order chi connectivity index (χ0) is 13.8. The molecule has 1 aromatic heterocycles. The molecule has 0 fully saturated rings. The molecule has 2 rings (SSSR count). The highest BCUT2D eigenvalue weighted by atomic mass is 127. The molecule has 0 saturated heterocycles. The Morgan fingerprint density at radius 2 is 1.95 bits per heavy atom. The molecular formula is C13H13FIN3S. The summed E-state index contributed by atoms with van der Waals surface area (Å²) in [5.41, 5.74) is 0.967. The van der Waals surface area contributed by atoms with Crippen LogP contribution in [0.4, 0.5) is 10.2 Å². The van der Waals surface area contributed by atoms with E-state index in [4.69, 9.17) is 0 Å². The van der Waals surface area contributed by atoms with Crippen LogP contribution in [0.15, 0.2) is 29.2 Å². The van der Waals surface area contributed by atoms with Gasteiger partial charge in [0.05, 0.1) is 15.0 Å². The fourth-order valence-corrected chi connectivity index (χ4v) is 2.79. The number of aryl methyl sites for hydroxylation is 1. The van der Waals surface area contributed by atoms with Crippen LogP contribution in [0.3, 0.4) is 0 Å². The number of thioether (sulfide) groups is 1. The molecule has 0 amide bonds. The van der Waals surface area contributed by atoms with E-state index in [0.717, 1.165) is 25.8 Å². The fraction of sp³-hybridized carbons (Fsp3) is 0.231. The minimum atomic E-state index is -0.219. The van der Waals surface area contributed by atoms with E-state index in [1.807, 2.05) is 14.0 Å². The number of hydrogen-bond donors (Lipinski definition) is 1. The molecule has 0 aliphatic carbocycles. The monoisotopic (exact) mass is 389 g/mol. The summed E-state index contributed by atoms with van der Waals surface area (Å²) in [7, 11) is 1.85. The first-order valence-corrected chi connectivity index (χ1v) is 7.75. The molecule has 100 valence electrons. The van der Waals surface area contributed by atoms with Crippen molar-refractivity contribution in [1.82, 2.24) is 9.97 Å². The number of hydrogen-bond acceptors (Lipinski definition) is 4. The van der Waals surface area contributed by atoms with E-state index in [2.05, 4.69) is 37.9 Å². The van der Waals surface area contributed by atoms with Crippen molar-refractivity contribution in [3.05, 3.63) is 45.2 Å². The van der Waals surface area contributed by atoms with Gasteiger partial charge in [-0.1, -0.05) is 0 Å². The molecule has 6 heteroatoms. The van der Waals surface area contributed by atoms with Crippen molar-refractivity contribution in [2.24, 2.45) is 0 Å². The average molecular weight is 389 g/mol. The molecule has 0 aliphatic rings. The highest BCUT2D eigenvalue weighted by Crippen LogP contribution is 2.24. The number of benzene rings is 1. The van der Waals surface area contributed by atoms with Crippen molar-refractivity contribution in [3.63, 3.8) is 0 Å². The minimum absolute atomic E-state index is 0.219. The number of nitrogens with one attached hydrogen (secondary N) is 1. The quantitative estimate of drug-likeness (QED) is 0.637. The molecule has 1 heterocycles. The van der Waals surface area contributed by atoms with Gasteiger partial charge in [-0.25, -0.2) is 14.4 Å². The van der Waals surface area contributed by atoms with Gasteiger partial charge in [0, 0.05) is 11.9 Å². The number of rotatable bonds is 4. The Morgan fingerprint density at radius 1 is 1.26 bits per heavy atom. The smallest absolute Gasteiger partial charge is 0.143 e. The lowest BCUT2D eigenvalue weighted by atomic mass is 10.4. The Hall–Kier alpha value is -0.890. The summed E-state index contributed by atoms with van der Waals surface area (Å²) in [5.74, 6) is 2.07. The third-order valence-corrected chi connectivity index (χ3v) is 4.78. The third kappa shape index (κ3) is 3.79. The van der Waals surface area contributed by atoms with Crippen LogP contribution in [0.5, 0.6) is 0 Å². The van der Waals surface area contributed by atoms with Gasteiger partial charge in [0.1, 0.15) is 17.5 Å². The predicted octanol–water partition coefficient (Wildman–Crippen LogP) is 3.86. The average Bonchev–Trinajstić information content (AvgIpc) is 2.41. The minimum Gasteiger partial charge on any atom is -0.372 e. The lowest BCUT2D eigenvalue weighted by Gasteiger charge is -2.08. The van der Waals surface area contributed by atoms with Crippen molar-refractivity contribution in [2.75, 3.05) is 12.4 Å². The second-order valence-corrected chi connectivity index (χ2v) is 6.01. The molecule has 0 radical (unpaired) electrons. The van der Waals surface area contributed by atoms with Gasteiger partial charge in [0.25, 0.3) is 0 Å². The van der Waals surface area contributed by atoms with E-state index in [1.54, 1.807) is 23.9 Å². The maximum Gasteiger partial charge on any atom is 0.143 e. The van der Waals surface area contributed by atoms with Crippen molar-refractivity contribution >= 4 is 40.2 Å². The number of halogens is 2. The summed E-state index contributed by atoms with van der Waals surface area (Å²) in [6.07, 6.45) is 0. The Bertz CT molecular complexity index is 575. The van der Waals surface area contributed by atoms with Crippen molar-refractivity contribution in [2.45, 2.75) is 17.6 Å². The van der Waals surface area contributed by atoms with Crippen molar-refractivity contribution in [1.29, 1.82) is 0 Å². The Labute approximate surface area is 129 Å². The molecule has 0 saturated carbocycles. The first-order chi connectivity index (χ1) is 9.10. The molecule has 1 N–H and O–H groups in total. The second kappa shape index (κ2) is 6.51. The SMILES string of the molecule is CNc1nc(CSc2ccc(F)cc2)nc(C)c1I. The normalized spacial score (nSPS) is 10.5. The van der Waals surface area contributed by atoms with Crippen LogP contribution >= 0.6 is 34.4 Å².